The Morgan fingerprint density at radius 3 is 1.70 bits per heavy atom. The Kier molecular flexibility index (Phi) is 6.64. The standard InChI is InChI=1S/C45H28N4S/c1-4-13-29(14-5-1)43-46-44(30-15-6-2-7-16-30)48-45(47-43)32-23-25-35-38-27-31(24-26-39(38)49(40(35)28-32)33-17-8-3-9-18-33)34-20-12-21-37-36-19-10-11-22-41(36)50-42(34)37/h1-28H. The van der Waals surface area contributed by atoms with E-state index in [1.165, 1.54) is 42.1 Å². The molecule has 0 unspecified atom stereocenters. The van der Waals surface area contributed by atoms with Crippen LogP contribution in [0.15, 0.2) is 170 Å². The predicted molar refractivity (Wildman–Crippen MR) is 209 cm³/mol. The molecule has 234 valence electrons. The fourth-order valence-corrected chi connectivity index (χ4v) is 8.33. The highest BCUT2D eigenvalue weighted by atomic mass is 32.1. The van der Waals surface area contributed by atoms with Crippen molar-refractivity contribution in [2.24, 2.45) is 0 Å². The average Bonchev–Trinajstić information content (AvgIpc) is 3.74. The Morgan fingerprint density at radius 1 is 0.380 bits per heavy atom. The molecule has 10 rings (SSSR count). The molecule has 0 saturated carbocycles. The van der Waals surface area contributed by atoms with E-state index in [2.05, 4.69) is 114 Å². The molecule has 0 atom stereocenters. The van der Waals surface area contributed by atoms with E-state index in [0.29, 0.717) is 17.5 Å². The van der Waals surface area contributed by atoms with Crippen LogP contribution in [0.4, 0.5) is 0 Å². The summed E-state index contributed by atoms with van der Waals surface area (Å²) in [4.78, 5) is 15.0. The van der Waals surface area contributed by atoms with Crippen molar-refractivity contribution in [1.82, 2.24) is 19.5 Å². The molecule has 0 spiro atoms. The Hall–Kier alpha value is -6.43. The van der Waals surface area contributed by atoms with Gasteiger partial charge in [0.05, 0.1) is 11.0 Å². The van der Waals surface area contributed by atoms with Gasteiger partial charge in [0.1, 0.15) is 0 Å². The van der Waals surface area contributed by atoms with Crippen molar-refractivity contribution in [3.63, 3.8) is 0 Å². The van der Waals surface area contributed by atoms with Gasteiger partial charge in [-0.15, -0.1) is 11.3 Å². The van der Waals surface area contributed by atoms with Crippen molar-refractivity contribution in [1.29, 1.82) is 0 Å². The van der Waals surface area contributed by atoms with Gasteiger partial charge in [0, 0.05) is 53.3 Å². The van der Waals surface area contributed by atoms with Crippen LogP contribution in [-0.4, -0.2) is 19.5 Å². The van der Waals surface area contributed by atoms with Crippen LogP contribution >= 0.6 is 11.3 Å². The maximum Gasteiger partial charge on any atom is 0.164 e. The molecule has 5 heteroatoms. The summed E-state index contributed by atoms with van der Waals surface area (Å²) in [5, 5.41) is 5.00. The summed E-state index contributed by atoms with van der Waals surface area (Å²) in [5.41, 5.74) is 8.67. The number of rotatable bonds is 5. The summed E-state index contributed by atoms with van der Waals surface area (Å²) in [6, 6.07) is 59.7. The molecule has 0 radical (unpaired) electrons. The third kappa shape index (κ3) is 4.71. The van der Waals surface area contributed by atoms with Gasteiger partial charge < -0.3 is 4.57 Å². The highest BCUT2D eigenvalue weighted by Gasteiger charge is 2.18. The predicted octanol–water partition coefficient (Wildman–Crippen LogP) is 12.0. The monoisotopic (exact) mass is 656 g/mol. The minimum absolute atomic E-state index is 0.640. The molecule has 0 bridgehead atoms. The summed E-state index contributed by atoms with van der Waals surface area (Å²) < 4.78 is 4.99. The smallest absolute Gasteiger partial charge is 0.164 e. The molecule has 7 aromatic carbocycles. The van der Waals surface area contributed by atoms with Crippen molar-refractivity contribution in [2.75, 3.05) is 0 Å². The van der Waals surface area contributed by atoms with E-state index in [-0.39, 0.29) is 0 Å². The average molecular weight is 657 g/mol. The van der Waals surface area contributed by atoms with Crippen molar-refractivity contribution in [3.8, 4) is 51.0 Å². The number of thiophene rings is 1. The van der Waals surface area contributed by atoms with Crippen LogP contribution in [0.5, 0.6) is 0 Å². The molecule has 0 N–H and O–H groups in total. The van der Waals surface area contributed by atoms with Crippen molar-refractivity contribution in [3.05, 3.63) is 170 Å². The maximum atomic E-state index is 5.03. The minimum atomic E-state index is 0.640. The fourth-order valence-electron chi connectivity index (χ4n) is 7.09. The first kappa shape index (κ1) is 28.6. The Balaban J connectivity index is 1.20. The van der Waals surface area contributed by atoms with E-state index in [1.807, 2.05) is 72.0 Å². The van der Waals surface area contributed by atoms with Gasteiger partial charge in [0.2, 0.25) is 0 Å². The summed E-state index contributed by atoms with van der Waals surface area (Å²) in [6.07, 6.45) is 0. The van der Waals surface area contributed by atoms with Crippen molar-refractivity contribution in [2.45, 2.75) is 0 Å². The molecular weight excluding hydrogens is 629 g/mol. The third-order valence-electron chi connectivity index (χ3n) is 9.45. The summed E-state index contributed by atoms with van der Waals surface area (Å²) in [6.45, 7) is 0. The third-order valence-corrected chi connectivity index (χ3v) is 10.7. The molecule has 0 amide bonds. The zero-order chi connectivity index (χ0) is 33.0. The highest BCUT2D eigenvalue weighted by Crippen LogP contribution is 2.42. The zero-order valence-corrected chi connectivity index (χ0v) is 27.7. The van der Waals surface area contributed by atoms with Crippen LogP contribution in [0.25, 0.3) is 93.0 Å². The number of para-hydroxylation sites is 1. The van der Waals surface area contributed by atoms with Gasteiger partial charge >= 0.3 is 0 Å². The Bertz CT molecular complexity index is 2800. The molecule has 3 aromatic heterocycles. The highest BCUT2D eigenvalue weighted by molar-refractivity contribution is 7.26. The molecule has 50 heavy (non-hydrogen) atoms. The summed E-state index contributed by atoms with van der Waals surface area (Å²) in [5.74, 6) is 1.94. The molecule has 4 nitrogen and oxygen atoms in total. The van der Waals surface area contributed by atoms with E-state index in [1.54, 1.807) is 0 Å². The second-order valence-corrected chi connectivity index (χ2v) is 13.5. The lowest BCUT2D eigenvalue weighted by Crippen LogP contribution is -2.00. The van der Waals surface area contributed by atoms with Crippen LogP contribution in [0.1, 0.15) is 0 Å². The first-order valence-electron chi connectivity index (χ1n) is 16.7. The first-order chi connectivity index (χ1) is 24.8. The number of nitrogens with zero attached hydrogens (tertiary/aromatic N) is 4. The van der Waals surface area contributed by atoms with Crippen LogP contribution in [-0.2, 0) is 0 Å². The molecular formula is C45H28N4S. The molecule has 0 saturated heterocycles. The van der Waals surface area contributed by atoms with E-state index in [9.17, 15) is 0 Å². The normalized spacial score (nSPS) is 11.6. The first-order valence-corrected chi connectivity index (χ1v) is 17.5. The molecule has 0 fully saturated rings. The molecule has 0 aliphatic heterocycles. The van der Waals surface area contributed by atoms with E-state index in [4.69, 9.17) is 15.0 Å². The van der Waals surface area contributed by atoms with Gasteiger partial charge in [0.25, 0.3) is 0 Å². The van der Waals surface area contributed by atoms with Gasteiger partial charge in [0.15, 0.2) is 17.5 Å². The Morgan fingerprint density at radius 2 is 0.980 bits per heavy atom. The lowest BCUT2D eigenvalue weighted by molar-refractivity contribution is 1.07. The fraction of sp³-hybridized carbons (Fsp3) is 0. The molecule has 0 aliphatic carbocycles. The van der Waals surface area contributed by atoms with E-state index in [0.717, 1.165) is 33.4 Å². The topological polar surface area (TPSA) is 43.6 Å². The number of fused-ring (bicyclic) bond motifs is 6. The van der Waals surface area contributed by atoms with Gasteiger partial charge in [-0.25, -0.2) is 15.0 Å². The van der Waals surface area contributed by atoms with Crippen LogP contribution in [0, 0.1) is 0 Å². The van der Waals surface area contributed by atoms with Crippen LogP contribution in [0.3, 0.4) is 0 Å². The number of benzene rings is 7. The number of hydrogen-bond donors (Lipinski definition) is 0. The molecule has 10 aromatic rings. The van der Waals surface area contributed by atoms with Gasteiger partial charge in [-0.05, 0) is 47.5 Å². The van der Waals surface area contributed by atoms with Gasteiger partial charge in [-0.3, -0.25) is 0 Å². The summed E-state index contributed by atoms with van der Waals surface area (Å²) >= 11 is 1.87. The lowest BCUT2D eigenvalue weighted by Gasteiger charge is -2.10. The van der Waals surface area contributed by atoms with Gasteiger partial charge in [-0.2, -0.15) is 0 Å². The lowest BCUT2D eigenvalue weighted by atomic mass is 10.0. The Labute approximate surface area is 292 Å². The second kappa shape index (κ2) is 11.6. The van der Waals surface area contributed by atoms with Gasteiger partial charge in [-0.1, -0.05) is 133 Å². The minimum Gasteiger partial charge on any atom is -0.309 e. The quantitative estimate of drug-likeness (QED) is 0.185. The van der Waals surface area contributed by atoms with Crippen molar-refractivity contribution < 1.29 is 0 Å². The van der Waals surface area contributed by atoms with Crippen LogP contribution in [0.2, 0.25) is 0 Å². The zero-order valence-electron chi connectivity index (χ0n) is 26.9. The largest absolute Gasteiger partial charge is 0.309 e. The molecule has 3 heterocycles. The summed E-state index contributed by atoms with van der Waals surface area (Å²) in [7, 11) is 0. The van der Waals surface area contributed by atoms with E-state index < -0.39 is 0 Å². The molecule has 0 aliphatic rings. The number of hydrogen-bond acceptors (Lipinski definition) is 4. The maximum absolute atomic E-state index is 5.03. The number of aromatic nitrogens is 4. The van der Waals surface area contributed by atoms with E-state index >= 15 is 0 Å². The van der Waals surface area contributed by atoms with Crippen LogP contribution < -0.4 is 0 Å². The SMILES string of the molecule is c1ccc(-c2nc(-c3ccccc3)nc(-c3ccc4c5cc(-c6cccc7c6sc6ccccc67)ccc5n(-c5ccccc5)c4c3)n2)cc1. The van der Waals surface area contributed by atoms with Crippen molar-refractivity contribution >= 4 is 53.3 Å². The second-order valence-electron chi connectivity index (χ2n) is 12.5.